The Kier molecular flexibility index (Phi) is 3.84. The van der Waals surface area contributed by atoms with Crippen LogP contribution in [0.15, 0.2) is 11.1 Å². The molecule has 0 heterocycles. The Morgan fingerprint density at radius 2 is 2.11 bits per heavy atom. The number of esters is 1. The molecule has 0 bridgehead atoms. The second-order valence-electron chi connectivity index (χ2n) is 6.77. The summed E-state index contributed by atoms with van der Waals surface area (Å²) in [6.07, 6.45) is 6.29. The van der Waals surface area contributed by atoms with Crippen LogP contribution < -0.4 is 0 Å². The average molecular weight is 250 g/mol. The molecule has 0 aliphatic heterocycles. The highest BCUT2D eigenvalue weighted by Gasteiger charge is 2.36. The number of carbonyl (C=O) groups excluding carboxylic acids is 1. The van der Waals surface area contributed by atoms with Gasteiger partial charge >= 0.3 is 5.97 Å². The van der Waals surface area contributed by atoms with Crippen molar-refractivity contribution in [2.75, 3.05) is 6.61 Å². The molecule has 0 spiro atoms. The molecule has 2 heteroatoms. The highest BCUT2D eigenvalue weighted by Crippen LogP contribution is 2.49. The Balaban J connectivity index is 2.11. The molecule has 2 nitrogen and oxygen atoms in total. The lowest BCUT2D eigenvalue weighted by molar-refractivity contribution is -0.142. The first-order valence-corrected chi connectivity index (χ1v) is 7.25. The largest absolute Gasteiger partial charge is 0.466 e. The maximum absolute atomic E-state index is 11.0. The van der Waals surface area contributed by atoms with E-state index in [1.807, 2.05) is 0 Å². The molecule has 2 atom stereocenters. The van der Waals surface area contributed by atoms with Crippen molar-refractivity contribution in [1.82, 2.24) is 0 Å². The molecule has 0 N–H and O–H groups in total. The molecule has 0 aromatic heterocycles. The lowest BCUT2D eigenvalue weighted by atomic mass is 9.63. The van der Waals surface area contributed by atoms with Gasteiger partial charge in [-0.05, 0) is 49.4 Å². The van der Waals surface area contributed by atoms with E-state index in [0.717, 1.165) is 6.42 Å². The molecule has 0 fully saturated rings. The summed E-state index contributed by atoms with van der Waals surface area (Å²) in [4.78, 5) is 11.0. The topological polar surface area (TPSA) is 26.3 Å². The van der Waals surface area contributed by atoms with E-state index in [1.165, 1.54) is 32.6 Å². The summed E-state index contributed by atoms with van der Waals surface area (Å²) in [5.41, 5.74) is 3.74. The van der Waals surface area contributed by atoms with E-state index in [-0.39, 0.29) is 5.97 Å². The predicted molar refractivity (Wildman–Crippen MR) is 73.2 cm³/mol. The third kappa shape index (κ3) is 2.78. The minimum absolute atomic E-state index is 0.148. The summed E-state index contributed by atoms with van der Waals surface area (Å²) < 4.78 is 5.24. The number of carbonyl (C=O) groups is 1. The molecule has 0 aromatic carbocycles. The molecule has 0 amide bonds. The summed E-state index contributed by atoms with van der Waals surface area (Å²) >= 11 is 0. The first-order valence-electron chi connectivity index (χ1n) is 7.25. The molecular weight excluding hydrogens is 224 g/mol. The monoisotopic (exact) mass is 250 g/mol. The molecule has 2 aliphatic rings. The molecule has 2 aliphatic carbocycles. The van der Waals surface area contributed by atoms with Crippen LogP contribution in [-0.4, -0.2) is 12.6 Å². The van der Waals surface area contributed by atoms with Crippen LogP contribution in [0.5, 0.6) is 0 Å². The van der Waals surface area contributed by atoms with E-state index in [2.05, 4.69) is 20.8 Å². The van der Waals surface area contributed by atoms with E-state index in [0.29, 0.717) is 23.9 Å². The van der Waals surface area contributed by atoms with Crippen molar-refractivity contribution in [2.45, 2.75) is 59.8 Å². The quantitative estimate of drug-likeness (QED) is 0.545. The zero-order valence-corrected chi connectivity index (χ0v) is 12.2. The molecular formula is C16H26O2. The number of allylic oxidation sites excluding steroid dienone is 2. The molecule has 2 rings (SSSR count). The van der Waals surface area contributed by atoms with Gasteiger partial charge in [0.1, 0.15) is 0 Å². The van der Waals surface area contributed by atoms with Crippen LogP contribution in [0, 0.1) is 17.3 Å². The molecule has 102 valence electrons. The summed E-state index contributed by atoms with van der Waals surface area (Å²) in [7, 11) is 0. The van der Waals surface area contributed by atoms with Gasteiger partial charge in [0.15, 0.2) is 0 Å². The van der Waals surface area contributed by atoms with Gasteiger partial charge in [-0.25, -0.2) is 0 Å². The summed E-state index contributed by atoms with van der Waals surface area (Å²) in [5.74, 6) is 1.02. The number of hydrogen-bond donors (Lipinski definition) is 0. The summed E-state index contributed by atoms with van der Waals surface area (Å²) in [5, 5.41) is 0. The Morgan fingerprint density at radius 1 is 1.39 bits per heavy atom. The molecule has 0 radical (unpaired) electrons. The first kappa shape index (κ1) is 13.6. The zero-order chi connectivity index (χ0) is 13.3. The fraction of sp³-hybridized carbons (Fsp3) is 0.812. The molecule has 0 saturated carbocycles. The third-order valence-corrected chi connectivity index (χ3v) is 4.86. The second-order valence-corrected chi connectivity index (χ2v) is 6.77. The Bertz CT molecular complexity index is 365. The van der Waals surface area contributed by atoms with Crippen molar-refractivity contribution >= 4 is 5.97 Å². The van der Waals surface area contributed by atoms with Crippen molar-refractivity contribution < 1.29 is 9.53 Å². The van der Waals surface area contributed by atoms with Gasteiger partial charge in [-0.1, -0.05) is 31.9 Å². The van der Waals surface area contributed by atoms with Gasteiger partial charge in [-0.3, -0.25) is 4.79 Å². The number of rotatable bonds is 2. The fourth-order valence-electron chi connectivity index (χ4n) is 3.64. The van der Waals surface area contributed by atoms with Crippen LogP contribution in [0.25, 0.3) is 0 Å². The van der Waals surface area contributed by atoms with Crippen molar-refractivity contribution in [2.24, 2.45) is 17.3 Å². The van der Waals surface area contributed by atoms with Crippen LogP contribution in [0.2, 0.25) is 0 Å². The highest BCUT2D eigenvalue weighted by atomic mass is 16.5. The lowest BCUT2D eigenvalue weighted by Gasteiger charge is -2.42. The minimum Gasteiger partial charge on any atom is -0.466 e. The molecule has 18 heavy (non-hydrogen) atoms. The highest BCUT2D eigenvalue weighted by molar-refractivity contribution is 5.65. The van der Waals surface area contributed by atoms with Crippen molar-refractivity contribution in [3.05, 3.63) is 11.1 Å². The number of hydrogen-bond acceptors (Lipinski definition) is 2. The Morgan fingerprint density at radius 3 is 2.78 bits per heavy atom. The zero-order valence-electron chi connectivity index (χ0n) is 12.2. The van der Waals surface area contributed by atoms with Crippen molar-refractivity contribution in [3.8, 4) is 0 Å². The van der Waals surface area contributed by atoms with Crippen molar-refractivity contribution in [1.29, 1.82) is 0 Å². The minimum atomic E-state index is -0.148. The molecule has 0 saturated heterocycles. The van der Waals surface area contributed by atoms with E-state index in [1.54, 1.807) is 11.1 Å². The van der Waals surface area contributed by atoms with Crippen LogP contribution in [0.3, 0.4) is 0 Å². The van der Waals surface area contributed by atoms with E-state index >= 15 is 0 Å². The van der Waals surface area contributed by atoms with E-state index in [4.69, 9.17) is 4.74 Å². The van der Waals surface area contributed by atoms with Gasteiger partial charge in [0, 0.05) is 6.92 Å². The molecule has 2 unspecified atom stereocenters. The predicted octanol–water partition coefficient (Wildman–Crippen LogP) is 4.10. The fourth-order valence-corrected chi connectivity index (χ4v) is 3.64. The van der Waals surface area contributed by atoms with Gasteiger partial charge in [-0.15, -0.1) is 0 Å². The lowest BCUT2D eigenvalue weighted by Crippen LogP contribution is -2.32. The standard InChI is InChI=1S/C16H26O2/c1-11-8-13-6-5-7-16(3,4)15(13)9-14(11)10-18-12(2)17/h11,14H,5-10H2,1-4H3. The van der Waals surface area contributed by atoms with Gasteiger partial charge in [-0.2, -0.15) is 0 Å². The third-order valence-electron chi connectivity index (χ3n) is 4.86. The SMILES string of the molecule is CC(=O)OCC1CC2=C(CCCC2(C)C)CC1C. The van der Waals surface area contributed by atoms with Gasteiger partial charge in [0.05, 0.1) is 6.61 Å². The maximum atomic E-state index is 11.0. The Labute approximate surface area is 111 Å². The average Bonchev–Trinajstić information content (AvgIpc) is 2.26. The summed E-state index contributed by atoms with van der Waals surface area (Å²) in [6, 6.07) is 0. The molecule has 0 aromatic rings. The van der Waals surface area contributed by atoms with Gasteiger partial charge in [0.2, 0.25) is 0 Å². The smallest absolute Gasteiger partial charge is 0.302 e. The van der Waals surface area contributed by atoms with Gasteiger partial charge < -0.3 is 4.74 Å². The number of ether oxygens (including phenoxy) is 1. The van der Waals surface area contributed by atoms with Gasteiger partial charge in [0.25, 0.3) is 0 Å². The summed E-state index contributed by atoms with van der Waals surface area (Å²) in [6.45, 7) is 9.16. The van der Waals surface area contributed by atoms with Crippen LogP contribution in [0.4, 0.5) is 0 Å². The normalized spacial score (nSPS) is 30.9. The van der Waals surface area contributed by atoms with Crippen molar-refractivity contribution in [3.63, 3.8) is 0 Å². The van der Waals surface area contributed by atoms with Crippen LogP contribution in [-0.2, 0) is 9.53 Å². The van der Waals surface area contributed by atoms with E-state index < -0.39 is 0 Å². The second kappa shape index (κ2) is 5.07. The first-order chi connectivity index (χ1) is 8.40. The Hall–Kier alpha value is -0.790. The van der Waals surface area contributed by atoms with E-state index in [9.17, 15) is 4.79 Å². The maximum Gasteiger partial charge on any atom is 0.302 e. The van der Waals surface area contributed by atoms with Crippen LogP contribution >= 0.6 is 0 Å². The van der Waals surface area contributed by atoms with Crippen LogP contribution in [0.1, 0.15) is 59.8 Å².